The highest BCUT2D eigenvalue weighted by atomic mass is 16.4. The fraction of sp³-hybridized carbons (Fsp3) is 0.417. The lowest BCUT2D eigenvalue weighted by molar-refractivity contribution is 0.0697. The molecule has 0 aliphatic rings. The number of fused-ring (bicyclic) bond motifs is 1. The number of aromatic carboxylic acids is 1. The van der Waals surface area contributed by atoms with Crippen molar-refractivity contribution in [3.8, 4) is 0 Å². The summed E-state index contributed by atoms with van der Waals surface area (Å²) in [5, 5.41) is 17.2. The van der Waals surface area contributed by atoms with Gasteiger partial charge in [0, 0.05) is 19.8 Å². The van der Waals surface area contributed by atoms with Crippen LogP contribution in [0.5, 0.6) is 0 Å². The molecule has 2 N–H and O–H groups in total. The maximum absolute atomic E-state index is 11.2. The third-order valence-electron chi connectivity index (χ3n) is 2.68. The Morgan fingerprint density at radius 1 is 1.50 bits per heavy atom. The van der Waals surface area contributed by atoms with Crippen molar-refractivity contribution in [2.75, 3.05) is 11.9 Å². The van der Waals surface area contributed by atoms with E-state index in [1.807, 2.05) is 0 Å². The number of carboxylic acid groups (broad SMARTS) is 1. The molecule has 0 aromatic carbocycles. The van der Waals surface area contributed by atoms with E-state index in [-0.39, 0.29) is 5.56 Å². The molecular weight excluding hydrogens is 232 g/mol. The number of carbonyl (C=O) groups is 1. The first kappa shape index (κ1) is 12.3. The molecule has 0 unspecified atom stereocenters. The molecule has 0 saturated carbocycles. The number of hydrogen-bond acceptors (Lipinski definition) is 4. The Labute approximate surface area is 105 Å². The van der Waals surface area contributed by atoms with Crippen molar-refractivity contribution in [3.05, 3.63) is 18.0 Å². The van der Waals surface area contributed by atoms with E-state index in [1.54, 1.807) is 17.9 Å². The molecule has 0 bridgehead atoms. The lowest BCUT2D eigenvalue weighted by Gasteiger charge is -2.12. The van der Waals surface area contributed by atoms with Crippen molar-refractivity contribution < 1.29 is 9.90 Å². The van der Waals surface area contributed by atoms with E-state index in [1.165, 1.54) is 6.20 Å². The minimum atomic E-state index is -0.987. The minimum Gasteiger partial charge on any atom is -0.478 e. The summed E-state index contributed by atoms with van der Waals surface area (Å²) in [5.74, 6) is -0.564. The Kier molecular flexibility index (Phi) is 3.18. The standard InChI is InChI=1S/C12H16N4O2/c1-7(2)4-13-10-8-6-15-16(3)11(8)14-5-9(10)12(17)18/h5-7H,4H2,1-3H3,(H,13,14)(H,17,18). The van der Waals surface area contributed by atoms with Gasteiger partial charge in [-0.15, -0.1) is 0 Å². The first-order chi connectivity index (χ1) is 8.50. The van der Waals surface area contributed by atoms with Gasteiger partial charge in [-0.2, -0.15) is 5.10 Å². The summed E-state index contributed by atoms with van der Waals surface area (Å²) < 4.78 is 1.63. The second-order valence-corrected chi connectivity index (χ2v) is 4.63. The van der Waals surface area contributed by atoms with Gasteiger partial charge in [0.1, 0.15) is 5.56 Å². The third kappa shape index (κ3) is 2.13. The molecule has 96 valence electrons. The van der Waals surface area contributed by atoms with Gasteiger partial charge in [-0.1, -0.05) is 13.8 Å². The monoisotopic (exact) mass is 248 g/mol. The molecule has 0 atom stereocenters. The third-order valence-corrected chi connectivity index (χ3v) is 2.68. The van der Waals surface area contributed by atoms with Gasteiger partial charge in [0.15, 0.2) is 5.65 Å². The van der Waals surface area contributed by atoms with Crippen molar-refractivity contribution >= 4 is 22.7 Å². The number of aryl methyl sites for hydroxylation is 1. The van der Waals surface area contributed by atoms with Gasteiger partial charge in [0.25, 0.3) is 0 Å². The first-order valence-corrected chi connectivity index (χ1v) is 5.78. The van der Waals surface area contributed by atoms with Crippen LogP contribution in [0.25, 0.3) is 11.0 Å². The quantitative estimate of drug-likeness (QED) is 0.861. The highest BCUT2D eigenvalue weighted by Crippen LogP contribution is 2.25. The maximum Gasteiger partial charge on any atom is 0.339 e. The van der Waals surface area contributed by atoms with Crippen molar-refractivity contribution in [1.29, 1.82) is 0 Å². The molecule has 6 heteroatoms. The maximum atomic E-state index is 11.2. The van der Waals surface area contributed by atoms with Crippen LogP contribution >= 0.6 is 0 Å². The Hall–Kier alpha value is -2.11. The van der Waals surface area contributed by atoms with Crippen molar-refractivity contribution in [2.24, 2.45) is 13.0 Å². The van der Waals surface area contributed by atoms with Gasteiger partial charge in [0.2, 0.25) is 0 Å². The van der Waals surface area contributed by atoms with Crippen LogP contribution < -0.4 is 5.32 Å². The smallest absolute Gasteiger partial charge is 0.339 e. The molecule has 6 nitrogen and oxygen atoms in total. The molecule has 0 aliphatic heterocycles. The van der Waals surface area contributed by atoms with Gasteiger partial charge in [-0.05, 0) is 5.92 Å². The molecule has 2 aromatic rings. The topological polar surface area (TPSA) is 80.0 Å². The number of nitrogens with zero attached hydrogens (tertiary/aromatic N) is 3. The highest BCUT2D eigenvalue weighted by Gasteiger charge is 2.16. The number of nitrogens with one attached hydrogen (secondary N) is 1. The van der Waals surface area contributed by atoms with E-state index < -0.39 is 5.97 Å². The van der Waals surface area contributed by atoms with Crippen LogP contribution in [-0.4, -0.2) is 32.4 Å². The predicted molar refractivity (Wildman–Crippen MR) is 68.8 cm³/mol. The summed E-state index contributed by atoms with van der Waals surface area (Å²) in [6.45, 7) is 4.83. The molecule has 0 saturated heterocycles. The Morgan fingerprint density at radius 3 is 2.83 bits per heavy atom. The van der Waals surface area contributed by atoms with Crippen molar-refractivity contribution in [3.63, 3.8) is 0 Å². The summed E-state index contributed by atoms with van der Waals surface area (Å²) >= 11 is 0. The van der Waals surface area contributed by atoms with Crippen LogP contribution in [0.15, 0.2) is 12.4 Å². The van der Waals surface area contributed by atoms with Gasteiger partial charge >= 0.3 is 5.97 Å². The Morgan fingerprint density at radius 2 is 2.22 bits per heavy atom. The van der Waals surface area contributed by atoms with Crippen LogP contribution in [0.4, 0.5) is 5.69 Å². The van der Waals surface area contributed by atoms with Gasteiger partial charge < -0.3 is 10.4 Å². The average Bonchev–Trinajstić information content (AvgIpc) is 2.68. The SMILES string of the molecule is CC(C)CNc1c(C(=O)O)cnc2c1cnn2C. The van der Waals surface area contributed by atoms with E-state index in [0.717, 1.165) is 5.39 Å². The average molecular weight is 248 g/mol. The molecule has 0 spiro atoms. The normalized spacial score (nSPS) is 11.1. The fourth-order valence-corrected chi connectivity index (χ4v) is 1.75. The van der Waals surface area contributed by atoms with Crippen LogP contribution in [0.3, 0.4) is 0 Å². The Balaban J connectivity index is 2.55. The lowest BCUT2D eigenvalue weighted by atomic mass is 10.1. The summed E-state index contributed by atoms with van der Waals surface area (Å²) in [7, 11) is 1.78. The summed E-state index contributed by atoms with van der Waals surface area (Å²) in [5.41, 5.74) is 1.44. The molecule has 2 aromatic heterocycles. The van der Waals surface area contributed by atoms with Gasteiger partial charge in [-0.3, -0.25) is 4.68 Å². The number of hydrogen-bond donors (Lipinski definition) is 2. The zero-order chi connectivity index (χ0) is 13.3. The molecule has 18 heavy (non-hydrogen) atoms. The van der Waals surface area contributed by atoms with Crippen molar-refractivity contribution in [1.82, 2.24) is 14.8 Å². The van der Waals surface area contributed by atoms with E-state index in [9.17, 15) is 9.90 Å². The molecular formula is C12H16N4O2. The van der Waals surface area contributed by atoms with Crippen molar-refractivity contribution in [2.45, 2.75) is 13.8 Å². The molecule has 0 aliphatic carbocycles. The second kappa shape index (κ2) is 4.64. The Bertz CT molecular complexity index is 589. The fourth-order valence-electron chi connectivity index (χ4n) is 1.75. The highest BCUT2D eigenvalue weighted by molar-refractivity contribution is 6.03. The number of pyridine rings is 1. The minimum absolute atomic E-state index is 0.177. The summed E-state index contributed by atoms with van der Waals surface area (Å²) in [4.78, 5) is 15.3. The van der Waals surface area contributed by atoms with E-state index in [2.05, 4.69) is 29.2 Å². The zero-order valence-electron chi connectivity index (χ0n) is 10.6. The molecule has 0 radical (unpaired) electrons. The lowest BCUT2D eigenvalue weighted by Crippen LogP contribution is -2.12. The first-order valence-electron chi connectivity index (χ1n) is 5.78. The molecule has 2 rings (SSSR count). The number of anilines is 1. The van der Waals surface area contributed by atoms with Crippen LogP contribution in [0.1, 0.15) is 24.2 Å². The van der Waals surface area contributed by atoms with Crippen LogP contribution in [0, 0.1) is 5.92 Å². The van der Waals surface area contributed by atoms with Gasteiger partial charge in [-0.25, -0.2) is 9.78 Å². The molecule has 0 fully saturated rings. The second-order valence-electron chi connectivity index (χ2n) is 4.63. The van der Waals surface area contributed by atoms with E-state index >= 15 is 0 Å². The molecule has 2 heterocycles. The largest absolute Gasteiger partial charge is 0.478 e. The summed E-state index contributed by atoms with van der Waals surface area (Å²) in [6, 6.07) is 0. The predicted octanol–water partition coefficient (Wildman–Crippen LogP) is 1.73. The van der Waals surface area contributed by atoms with Crippen LogP contribution in [-0.2, 0) is 7.05 Å². The van der Waals surface area contributed by atoms with Gasteiger partial charge in [0.05, 0.1) is 17.3 Å². The number of rotatable bonds is 4. The molecule has 0 amide bonds. The van der Waals surface area contributed by atoms with E-state index in [0.29, 0.717) is 23.8 Å². The zero-order valence-corrected chi connectivity index (χ0v) is 10.6. The summed E-state index contributed by atoms with van der Waals surface area (Å²) in [6.07, 6.45) is 3.01. The number of carboxylic acids is 1. The number of aromatic nitrogens is 3. The van der Waals surface area contributed by atoms with E-state index in [4.69, 9.17) is 0 Å². The van der Waals surface area contributed by atoms with Crippen LogP contribution in [0.2, 0.25) is 0 Å².